The molecule has 0 aliphatic rings. The minimum atomic E-state index is -0.861. The summed E-state index contributed by atoms with van der Waals surface area (Å²) in [5.41, 5.74) is 0.364. The number of carbonyl (C=O) groups is 1. The fourth-order valence-corrected chi connectivity index (χ4v) is 2.43. The Bertz CT molecular complexity index is 960. The summed E-state index contributed by atoms with van der Waals surface area (Å²) in [6.07, 6.45) is 1.64. The molecule has 0 radical (unpaired) electrons. The molecule has 0 spiro atoms. The number of rotatable bonds is 3. The largest absolute Gasteiger partial charge is 0.505 e. The zero-order valence-corrected chi connectivity index (χ0v) is 15.0. The molecule has 9 heteroatoms. The Kier molecular flexibility index (Phi) is 6.15. The maximum Gasteiger partial charge on any atom is 0.343 e. The predicted octanol–water partition coefficient (Wildman–Crippen LogP) is 3.17. The SMILES string of the molecule is COC(=O)c1c(C#N)ccc(N/C(=N/C#N)Nc2ccccc2Br)c1O. The monoisotopic (exact) mass is 413 g/mol. The number of aliphatic imine (C=N–C) groups is 1. The standard InChI is InChI=1S/C17H12BrN5O3/c1-26-16(25)14-10(8-19)6-7-13(15(14)24)23-17(21-9-20)22-12-5-3-2-4-11(12)18/h2-7,24H,1H3,(H2,21,22,23). The number of nitrogens with zero attached hydrogens (tertiary/aromatic N) is 3. The van der Waals surface area contributed by atoms with Crippen LogP contribution in [0.4, 0.5) is 11.4 Å². The first-order chi connectivity index (χ1) is 12.5. The second-order valence-electron chi connectivity index (χ2n) is 4.78. The number of aromatic hydroxyl groups is 1. The van der Waals surface area contributed by atoms with Crippen LogP contribution in [0.1, 0.15) is 15.9 Å². The van der Waals surface area contributed by atoms with Crippen LogP contribution in [-0.4, -0.2) is 24.1 Å². The van der Waals surface area contributed by atoms with Gasteiger partial charge in [-0.3, -0.25) is 0 Å². The number of halogens is 1. The van der Waals surface area contributed by atoms with Crippen LogP contribution >= 0.6 is 15.9 Å². The van der Waals surface area contributed by atoms with Crippen molar-refractivity contribution in [2.45, 2.75) is 0 Å². The highest BCUT2D eigenvalue weighted by molar-refractivity contribution is 9.10. The Morgan fingerprint density at radius 3 is 2.50 bits per heavy atom. The lowest BCUT2D eigenvalue weighted by Gasteiger charge is -2.15. The molecule has 0 aliphatic carbocycles. The van der Waals surface area contributed by atoms with Crippen molar-refractivity contribution in [3.63, 3.8) is 0 Å². The van der Waals surface area contributed by atoms with Crippen molar-refractivity contribution in [2.24, 2.45) is 4.99 Å². The smallest absolute Gasteiger partial charge is 0.343 e. The Balaban J connectivity index is 2.40. The van der Waals surface area contributed by atoms with Gasteiger partial charge < -0.3 is 20.5 Å². The lowest BCUT2D eigenvalue weighted by atomic mass is 10.1. The molecule has 0 heterocycles. The fraction of sp³-hybridized carbons (Fsp3) is 0.0588. The van der Waals surface area contributed by atoms with Gasteiger partial charge in [0, 0.05) is 4.47 Å². The number of phenolic OH excluding ortho intramolecular Hbond substituents is 1. The van der Waals surface area contributed by atoms with E-state index in [0.29, 0.717) is 5.69 Å². The van der Waals surface area contributed by atoms with Crippen molar-refractivity contribution in [3.05, 3.63) is 52.0 Å². The number of anilines is 2. The Morgan fingerprint density at radius 2 is 1.88 bits per heavy atom. The van der Waals surface area contributed by atoms with Gasteiger partial charge in [-0.15, -0.1) is 4.99 Å². The first-order valence-corrected chi connectivity index (χ1v) is 7.90. The van der Waals surface area contributed by atoms with Crippen molar-refractivity contribution in [2.75, 3.05) is 17.7 Å². The minimum absolute atomic E-state index is 0.00947. The molecule has 0 saturated heterocycles. The normalized spacial score (nSPS) is 10.4. The van der Waals surface area contributed by atoms with Crippen LogP contribution in [0.3, 0.4) is 0 Å². The first kappa shape index (κ1) is 18.8. The number of carbonyl (C=O) groups excluding carboxylic acids is 1. The van der Waals surface area contributed by atoms with E-state index in [0.717, 1.165) is 11.6 Å². The second-order valence-corrected chi connectivity index (χ2v) is 5.63. The molecule has 0 amide bonds. The average molecular weight is 414 g/mol. The van der Waals surface area contributed by atoms with Gasteiger partial charge in [-0.2, -0.15) is 10.5 Å². The summed E-state index contributed by atoms with van der Waals surface area (Å²) in [6.45, 7) is 0. The highest BCUT2D eigenvalue weighted by Crippen LogP contribution is 2.31. The highest BCUT2D eigenvalue weighted by Gasteiger charge is 2.21. The van der Waals surface area contributed by atoms with E-state index in [1.165, 1.54) is 12.1 Å². The molecular formula is C17H12BrN5O3. The molecule has 0 atom stereocenters. The fourth-order valence-electron chi connectivity index (χ4n) is 2.05. The lowest BCUT2D eigenvalue weighted by Crippen LogP contribution is -2.22. The molecule has 0 unspecified atom stereocenters. The third-order valence-corrected chi connectivity index (χ3v) is 3.92. The van der Waals surface area contributed by atoms with Gasteiger partial charge in [0.05, 0.1) is 24.0 Å². The number of ether oxygens (including phenoxy) is 1. The minimum Gasteiger partial charge on any atom is -0.505 e. The van der Waals surface area contributed by atoms with Crippen molar-refractivity contribution in [3.8, 4) is 18.0 Å². The molecule has 0 fully saturated rings. The number of methoxy groups -OCH3 is 1. The summed E-state index contributed by atoms with van der Waals surface area (Å²) in [5, 5.41) is 33.9. The summed E-state index contributed by atoms with van der Waals surface area (Å²) >= 11 is 3.36. The maximum atomic E-state index is 11.8. The van der Waals surface area contributed by atoms with Crippen LogP contribution in [0, 0.1) is 22.8 Å². The molecule has 130 valence electrons. The van der Waals surface area contributed by atoms with Crippen LogP contribution in [0.5, 0.6) is 5.75 Å². The number of esters is 1. The van der Waals surface area contributed by atoms with Crippen LogP contribution in [0.15, 0.2) is 45.9 Å². The van der Waals surface area contributed by atoms with Crippen molar-refractivity contribution in [1.29, 1.82) is 10.5 Å². The molecule has 0 aliphatic heterocycles. The van der Waals surface area contributed by atoms with Crippen molar-refractivity contribution >= 4 is 39.2 Å². The Morgan fingerprint density at radius 1 is 1.19 bits per heavy atom. The van der Waals surface area contributed by atoms with Crippen LogP contribution in [0.25, 0.3) is 0 Å². The number of hydrogen-bond donors (Lipinski definition) is 3. The summed E-state index contributed by atoms with van der Waals surface area (Å²) in [7, 11) is 1.14. The van der Waals surface area contributed by atoms with E-state index < -0.39 is 11.7 Å². The van der Waals surface area contributed by atoms with E-state index in [1.54, 1.807) is 24.4 Å². The van der Waals surface area contributed by atoms with E-state index >= 15 is 0 Å². The van der Waals surface area contributed by atoms with Crippen LogP contribution < -0.4 is 10.6 Å². The van der Waals surface area contributed by atoms with Crippen molar-refractivity contribution in [1.82, 2.24) is 0 Å². The van der Waals surface area contributed by atoms with E-state index in [-0.39, 0.29) is 22.8 Å². The van der Waals surface area contributed by atoms with Gasteiger partial charge in [0.1, 0.15) is 11.6 Å². The molecule has 2 aromatic carbocycles. The summed E-state index contributed by atoms with van der Waals surface area (Å²) in [4.78, 5) is 15.5. The molecule has 0 saturated carbocycles. The molecule has 0 bridgehead atoms. The zero-order chi connectivity index (χ0) is 19.1. The molecule has 2 rings (SSSR count). The molecule has 3 N–H and O–H groups in total. The van der Waals surface area contributed by atoms with Gasteiger partial charge >= 0.3 is 5.97 Å². The number of nitrogens with one attached hydrogen (secondary N) is 2. The number of nitriles is 2. The summed E-state index contributed by atoms with van der Waals surface area (Å²) in [6, 6.07) is 11.7. The predicted molar refractivity (Wildman–Crippen MR) is 98.6 cm³/mol. The molecule has 0 aromatic heterocycles. The van der Waals surface area contributed by atoms with Gasteiger partial charge in [0.2, 0.25) is 12.2 Å². The van der Waals surface area contributed by atoms with E-state index in [2.05, 4.69) is 36.3 Å². The van der Waals surface area contributed by atoms with Gasteiger partial charge in [0.15, 0.2) is 5.75 Å². The van der Waals surface area contributed by atoms with Crippen LogP contribution in [0.2, 0.25) is 0 Å². The summed E-state index contributed by atoms with van der Waals surface area (Å²) in [5.74, 6) is -1.34. The second kappa shape index (κ2) is 8.51. The van der Waals surface area contributed by atoms with Crippen molar-refractivity contribution < 1.29 is 14.6 Å². The quantitative estimate of drug-likeness (QED) is 0.231. The van der Waals surface area contributed by atoms with Gasteiger partial charge in [-0.05, 0) is 40.2 Å². The Labute approximate surface area is 157 Å². The first-order valence-electron chi connectivity index (χ1n) is 7.11. The lowest BCUT2D eigenvalue weighted by molar-refractivity contribution is 0.0597. The third kappa shape index (κ3) is 4.09. The zero-order valence-electron chi connectivity index (χ0n) is 13.4. The number of para-hydroxylation sites is 1. The number of phenols is 1. The van der Waals surface area contributed by atoms with Gasteiger partial charge in [-0.25, -0.2) is 4.79 Å². The number of guanidine groups is 1. The van der Waals surface area contributed by atoms with Gasteiger partial charge in [-0.1, -0.05) is 12.1 Å². The van der Waals surface area contributed by atoms with E-state index in [9.17, 15) is 9.90 Å². The average Bonchev–Trinajstić information content (AvgIpc) is 2.64. The molecule has 8 nitrogen and oxygen atoms in total. The topological polar surface area (TPSA) is 131 Å². The molecular weight excluding hydrogens is 402 g/mol. The van der Waals surface area contributed by atoms with Gasteiger partial charge in [0.25, 0.3) is 0 Å². The maximum absolute atomic E-state index is 11.8. The Hall–Kier alpha value is -3.56. The van der Waals surface area contributed by atoms with E-state index in [4.69, 9.17) is 10.5 Å². The third-order valence-electron chi connectivity index (χ3n) is 3.23. The number of hydrogen-bond acceptors (Lipinski definition) is 6. The highest BCUT2D eigenvalue weighted by atomic mass is 79.9. The molecule has 26 heavy (non-hydrogen) atoms. The van der Waals surface area contributed by atoms with E-state index in [1.807, 2.05) is 12.1 Å². The summed E-state index contributed by atoms with van der Waals surface area (Å²) < 4.78 is 5.32. The molecule has 2 aromatic rings. The number of benzene rings is 2. The van der Waals surface area contributed by atoms with Crippen LogP contribution in [-0.2, 0) is 4.74 Å².